The van der Waals surface area contributed by atoms with Gasteiger partial charge in [0, 0.05) is 18.2 Å². The van der Waals surface area contributed by atoms with Crippen LogP contribution in [0.1, 0.15) is 29.7 Å². The number of alkyl halides is 3. The minimum absolute atomic E-state index is 0.159. The molecule has 1 nitrogen and oxygen atoms in total. The summed E-state index contributed by atoms with van der Waals surface area (Å²) in [5.74, 6) is 5.52. The quantitative estimate of drug-likeness (QED) is 0.539. The molecule has 0 aliphatic rings. The van der Waals surface area contributed by atoms with Crippen molar-refractivity contribution < 1.29 is 13.2 Å². The summed E-state index contributed by atoms with van der Waals surface area (Å²) in [6, 6.07) is 19.7. The molecule has 4 heteroatoms. The van der Waals surface area contributed by atoms with Gasteiger partial charge in [-0.1, -0.05) is 66.4 Å². The topological polar surface area (TPSA) is 12.0 Å². The lowest BCUT2D eigenvalue weighted by Crippen LogP contribution is -2.18. The van der Waals surface area contributed by atoms with Crippen molar-refractivity contribution in [3.8, 4) is 11.8 Å². The minimum atomic E-state index is -4.35. The van der Waals surface area contributed by atoms with Gasteiger partial charge in [0.05, 0.1) is 5.56 Å². The molecule has 0 saturated carbocycles. The maximum absolute atomic E-state index is 12.7. The van der Waals surface area contributed by atoms with Crippen molar-refractivity contribution in [3.63, 3.8) is 0 Å². The number of allylic oxidation sites excluding steroid dienone is 1. The molecule has 3 aromatic rings. The van der Waals surface area contributed by atoms with Crippen molar-refractivity contribution in [2.75, 3.05) is 6.54 Å². The second-order valence-corrected chi connectivity index (χ2v) is 6.45. The molecule has 0 heterocycles. The Balaban J connectivity index is 1.59. The van der Waals surface area contributed by atoms with Crippen LogP contribution in [0.2, 0.25) is 0 Å². The van der Waals surface area contributed by atoms with Crippen molar-refractivity contribution in [1.29, 1.82) is 0 Å². The van der Waals surface area contributed by atoms with Crippen LogP contribution in [0.25, 0.3) is 10.8 Å². The van der Waals surface area contributed by atoms with E-state index in [0.717, 1.165) is 12.1 Å². The highest BCUT2D eigenvalue weighted by molar-refractivity contribution is 5.86. The summed E-state index contributed by atoms with van der Waals surface area (Å²) < 4.78 is 38.1. The van der Waals surface area contributed by atoms with Crippen LogP contribution in [0.5, 0.6) is 0 Å². The minimum Gasteiger partial charge on any atom is -0.307 e. The molecule has 28 heavy (non-hydrogen) atoms. The average Bonchev–Trinajstić information content (AvgIpc) is 2.69. The van der Waals surface area contributed by atoms with E-state index in [4.69, 9.17) is 0 Å². The van der Waals surface area contributed by atoms with E-state index in [1.165, 1.54) is 22.4 Å². The first-order valence-corrected chi connectivity index (χ1v) is 9.00. The smallest absolute Gasteiger partial charge is 0.307 e. The van der Waals surface area contributed by atoms with Gasteiger partial charge in [0.1, 0.15) is 0 Å². The molecular formula is C24H20F3N. The lowest BCUT2D eigenvalue weighted by Gasteiger charge is -2.15. The third-order valence-corrected chi connectivity index (χ3v) is 4.44. The first-order chi connectivity index (χ1) is 13.4. The predicted octanol–water partition coefficient (Wildman–Crippen LogP) is 6.12. The molecule has 0 aliphatic heterocycles. The number of rotatable bonds is 4. The van der Waals surface area contributed by atoms with Crippen LogP contribution in [0.4, 0.5) is 13.2 Å². The maximum Gasteiger partial charge on any atom is 0.416 e. The van der Waals surface area contributed by atoms with Gasteiger partial charge in [-0.15, -0.1) is 0 Å². The molecule has 3 aromatic carbocycles. The Bertz CT molecular complexity index is 1030. The molecule has 142 valence electrons. The Hall–Kier alpha value is -3.03. The normalized spacial score (nSPS) is 12.7. The van der Waals surface area contributed by atoms with Gasteiger partial charge in [-0.25, -0.2) is 0 Å². The molecule has 1 N–H and O–H groups in total. The Kier molecular flexibility index (Phi) is 6.18. The summed E-state index contributed by atoms with van der Waals surface area (Å²) >= 11 is 0. The highest BCUT2D eigenvalue weighted by Crippen LogP contribution is 2.29. The molecule has 0 fully saturated rings. The van der Waals surface area contributed by atoms with Crippen LogP contribution >= 0.6 is 0 Å². The Morgan fingerprint density at radius 3 is 2.57 bits per heavy atom. The van der Waals surface area contributed by atoms with E-state index in [9.17, 15) is 13.2 Å². The zero-order valence-electron chi connectivity index (χ0n) is 15.4. The fourth-order valence-corrected chi connectivity index (χ4v) is 3.00. The van der Waals surface area contributed by atoms with Gasteiger partial charge in [-0.05, 0) is 47.5 Å². The first-order valence-electron chi connectivity index (χ1n) is 9.00. The molecule has 0 radical (unpaired) electrons. The summed E-state index contributed by atoms with van der Waals surface area (Å²) in [6.45, 7) is 2.71. The van der Waals surface area contributed by atoms with Gasteiger partial charge in [-0.2, -0.15) is 13.2 Å². The SMILES string of the molecule is C[C@@H](NCC=CC#Cc1cccc(C(F)(F)F)c1)c1cccc2ccccc12. The van der Waals surface area contributed by atoms with Crippen LogP contribution in [0.15, 0.2) is 78.9 Å². The second kappa shape index (κ2) is 8.77. The standard InChI is InChI=1S/C24H20F3N/c1-18(22-15-8-12-20-11-4-5-14-23(20)22)28-16-6-2-3-9-19-10-7-13-21(17-19)24(25,26)27/h2,4-8,10-15,17-18,28H,16H2,1H3/t18-/m1/s1. The van der Waals surface area contributed by atoms with Gasteiger partial charge in [0.15, 0.2) is 0 Å². The van der Waals surface area contributed by atoms with Gasteiger partial charge in [0.25, 0.3) is 0 Å². The first kappa shape index (κ1) is 19.7. The molecule has 0 unspecified atom stereocenters. The summed E-state index contributed by atoms with van der Waals surface area (Å²) in [6.07, 6.45) is -0.833. The van der Waals surface area contributed by atoms with Crippen molar-refractivity contribution in [2.45, 2.75) is 19.1 Å². The van der Waals surface area contributed by atoms with E-state index in [-0.39, 0.29) is 6.04 Å². The summed E-state index contributed by atoms with van der Waals surface area (Å²) in [7, 11) is 0. The number of benzene rings is 3. The summed E-state index contributed by atoms with van der Waals surface area (Å²) in [4.78, 5) is 0. The van der Waals surface area contributed by atoms with Gasteiger partial charge < -0.3 is 5.32 Å². The van der Waals surface area contributed by atoms with Gasteiger partial charge >= 0.3 is 6.18 Å². The molecule has 0 spiro atoms. The van der Waals surface area contributed by atoms with E-state index in [0.29, 0.717) is 12.1 Å². The number of fused-ring (bicyclic) bond motifs is 1. The largest absolute Gasteiger partial charge is 0.416 e. The molecule has 3 rings (SSSR count). The second-order valence-electron chi connectivity index (χ2n) is 6.45. The van der Waals surface area contributed by atoms with E-state index < -0.39 is 11.7 Å². The van der Waals surface area contributed by atoms with Crippen molar-refractivity contribution in [1.82, 2.24) is 5.32 Å². The Labute approximate surface area is 162 Å². The molecule has 0 aromatic heterocycles. The van der Waals surface area contributed by atoms with Crippen LogP contribution in [0.3, 0.4) is 0 Å². The Morgan fingerprint density at radius 2 is 1.75 bits per heavy atom. The summed E-state index contributed by atoms with van der Waals surface area (Å²) in [5, 5.41) is 5.84. The number of nitrogens with one attached hydrogen (secondary N) is 1. The van der Waals surface area contributed by atoms with Crippen LogP contribution in [-0.2, 0) is 6.18 Å². The van der Waals surface area contributed by atoms with Crippen molar-refractivity contribution >= 4 is 10.8 Å². The van der Waals surface area contributed by atoms with Crippen LogP contribution in [0, 0.1) is 11.8 Å². The third kappa shape index (κ3) is 5.03. The number of hydrogen-bond donors (Lipinski definition) is 1. The maximum atomic E-state index is 12.7. The molecule has 0 aliphatic carbocycles. The number of halogens is 3. The fourth-order valence-electron chi connectivity index (χ4n) is 3.00. The van der Waals surface area contributed by atoms with Crippen LogP contribution in [-0.4, -0.2) is 6.54 Å². The molecule has 0 amide bonds. The lowest BCUT2D eigenvalue weighted by atomic mass is 10.00. The third-order valence-electron chi connectivity index (χ3n) is 4.44. The molecular weight excluding hydrogens is 359 g/mol. The molecule has 1 atom stereocenters. The fraction of sp³-hybridized carbons (Fsp3) is 0.167. The zero-order valence-corrected chi connectivity index (χ0v) is 15.4. The Morgan fingerprint density at radius 1 is 1.00 bits per heavy atom. The van der Waals surface area contributed by atoms with E-state index in [1.807, 2.05) is 24.3 Å². The van der Waals surface area contributed by atoms with E-state index in [1.54, 1.807) is 12.1 Å². The highest BCUT2D eigenvalue weighted by atomic mass is 19.4. The monoisotopic (exact) mass is 379 g/mol. The molecule has 0 bridgehead atoms. The number of hydrogen-bond acceptors (Lipinski definition) is 1. The lowest BCUT2D eigenvalue weighted by molar-refractivity contribution is -0.137. The molecule has 0 saturated heterocycles. The van der Waals surface area contributed by atoms with Crippen molar-refractivity contribution in [3.05, 3.63) is 95.6 Å². The zero-order chi connectivity index (χ0) is 20.0. The van der Waals surface area contributed by atoms with E-state index >= 15 is 0 Å². The van der Waals surface area contributed by atoms with E-state index in [2.05, 4.69) is 48.3 Å². The highest BCUT2D eigenvalue weighted by Gasteiger charge is 2.30. The van der Waals surface area contributed by atoms with Crippen LogP contribution < -0.4 is 5.32 Å². The predicted molar refractivity (Wildman–Crippen MR) is 108 cm³/mol. The summed E-state index contributed by atoms with van der Waals surface area (Å²) in [5.41, 5.74) is 0.881. The van der Waals surface area contributed by atoms with Gasteiger partial charge in [0.2, 0.25) is 0 Å². The average molecular weight is 379 g/mol. The van der Waals surface area contributed by atoms with Crippen molar-refractivity contribution in [2.24, 2.45) is 0 Å². The van der Waals surface area contributed by atoms with Gasteiger partial charge in [-0.3, -0.25) is 0 Å².